The second-order valence-corrected chi connectivity index (χ2v) is 3.91. The highest BCUT2D eigenvalue weighted by Gasteiger charge is 2.07. The average Bonchev–Trinajstić information content (AvgIpc) is 2.35. The zero-order valence-corrected chi connectivity index (χ0v) is 10.3. The van der Waals surface area contributed by atoms with Gasteiger partial charge in [0, 0.05) is 11.6 Å². The highest BCUT2D eigenvalue weighted by molar-refractivity contribution is 6.30. The molecule has 0 aliphatic rings. The highest BCUT2D eigenvalue weighted by atomic mass is 35.5. The van der Waals surface area contributed by atoms with Crippen LogP contribution in [0.4, 0.5) is 0 Å². The Morgan fingerprint density at radius 3 is 2.65 bits per heavy atom. The Morgan fingerprint density at radius 2 is 2.12 bits per heavy atom. The van der Waals surface area contributed by atoms with Gasteiger partial charge in [-0.2, -0.15) is 5.26 Å². The number of amides is 1. The summed E-state index contributed by atoms with van der Waals surface area (Å²) >= 11 is 5.75. The molecular weight excluding hydrogens is 236 g/mol. The summed E-state index contributed by atoms with van der Waals surface area (Å²) in [6.07, 6.45) is 2.38. The van der Waals surface area contributed by atoms with Crippen molar-refractivity contribution in [3.63, 3.8) is 0 Å². The average molecular weight is 249 g/mol. The van der Waals surface area contributed by atoms with Crippen molar-refractivity contribution in [1.29, 1.82) is 5.26 Å². The van der Waals surface area contributed by atoms with E-state index in [1.165, 1.54) is 0 Å². The fourth-order valence-electron chi connectivity index (χ4n) is 1.21. The second-order valence-electron chi connectivity index (χ2n) is 3.48. The Bertz CT molecular complexity index is 457. The molecule has 0 fully saturated rings. The van der Waals surface area contributed by atoms with Gasteiger partial charge < -0.3 is 5.32 Å². The van der Waals surface area contributed by atoms with Gasteiger partial charge >= 0.3 is 0 Å². The van der Waals surface area contributed by atoms with E-state index in [0.29, 0.717) is 11.6 Å². The lowest BCUT2D eigenvalue weighted by Gasteiger charge is -2.01. The molecule has 0 aliphatic heterocycles. The molecule has 0 aromatic heterocycles. The minimum atomic E-state index is -0.343. The van der Waals surface area contributed by atoms with Crippen LogP contribution in [0.1, 0.15) is 18.9 Å². The monoisotopic (exact) mass is 248 g/mol. The summed E-state index contributed by atoms with van der Waals surface area (Å²) in [5, 5.41) is 12.2. The number of hydrogen-bond donors (Lipinski definition) is 1. The lowest BCUT2D eigenvalue weighted by molar-refractivity contribution is -0.117. The minimum absolute atomic E-state index is 0.0979. The van der Waals surface area contributed by atoms with Crippen LogP contribution in [0, 0.1) is 11.3 Å². The fraction of sp³-hybridized carbons (Fsp3) is 0.231. The molecule has 0 saturated heterocycles. The van der Waals surface area contributed by atoms with E-state index in [0.717, 1.165) is 12.0 Å². The van der Waals surface area contributed by atoms with Crippen LogP contribution in [-0.4, -0.2) is 12.5 Å². The maximum atomic E-state index is 11.6. The molecule has 1 amide bonds. The van der Waals surface area contributed by atoms with E-state index in [9.17, 15) is 4.79 Å². The zero-order chi connectivity index (χ0) is 12.7. The Labute approximate surface area is 106 Å². The Balaban J connectivity index is 2.83. The number of carbonyl (C=O) groups is 1. The predicted octanol–water partition coefficient (Wildman–Crippen LogP) is 2.77. The van der Waals surface area contributed by atoms with E-state index in [-0.39, 0.29) is 11.5 Å². The number of nitrogens with zero attached hydrogens (tertiary/aromatic N) is 1. The standard InChI is InChI=1S/C13H13ClN2O/c1-2-7-16-13(17)11(9-15)8-10-3-5-12(14)6-4-10/h3-6,8H,2,7H2,1H3,(H,16,17)/b11-8-. The van der Waals surface area contributed by atoms with Gasteiger partial charge in [-0.1, -0.05) is 30.7 Å². The van der Waals surface area contributed by atoms with Gasteiger partial charge in [0.2, 0.25) is 0 Å². The van der Waals surface area contributed by atoms with Crippen LogP contribution in [0.15, 0.2) is 29.8 Å². The summed E-state index contributed by atoms with van der Waals surface area (Å²) in [4.78, 5) is 11.6. The SMILES string of the molecule is CCCNC(=O)/C(C#N)=C\c1ccc(Cl)cc1. The molecule has 3 nitrogen and oxygen atoms in total. The first-order valence-electron chi connectivity index (χ1n) is 5.33. The van der Waals surface area contributed by atoms with Gasteiger partial charge in [-0.3, -0.25) is 4.79 Å². The molecular formula is C13H13ClN2O. The number of nitrogens with one attached hydrogen (secondary N) is 1. The Hall–Kier alpha value is -1.79. The van der Waals surface area contributed by atoms with Crippen LogP contribution >= 0.6 is 11.6 Å². The first-order chi connectivity index (χ1) is 8.17. The van der Waals surface area contributed by atoms with Crippen molar-refractivity contribution in [1.82, 2.24) is 5.32 Å². The maximum Gasteiger partial charge on any atom is 0.261 e. The first kappa shape index (κ1) is 13.3. The molecule has 17 heavy (non-hydrogen) atoms. The zero-order valence-electron chi connectivity index (χ0n) is 9.53. The minimum Gasteiger partial charge on any atom is -0.351 e. The lowest BCUT2D eigenvalue weighted by Crippen LogP contribution is -2.25. The third-order valence-corrected chi connectivity index (χ3v) is 2.33. The molecule has 0 radical (unpaired) electrons. The number of hydrogen-bond acceptors (Lipinski definition) is 2. The first-order valence-corrected chi connectivity index (χ1v) is 5.70. The lowest BCUT2D eigenvalue weighted by atomic mass is 10.1. The van der Waals surface area contributed by atoms with Crippen molar-refractivity contribution in [3.05, 3.63) is 40.4 Å². The summed E-state index contributed by atoms with van der Waals surface area (Å²) in [6.45, 7) is 2.52. The topological polar surface area (TPSA) is 52.9 Å². The van der Waals surface area contributed by atoms with Gasteiger partial charge in [0.25, 0.3) is 5.91 Å². The Kier molecular flexibility index (Phi) is 5.25. The fourth-order valence-corrected chi connectivity index (χ4v) is 1.33. The number of carbonyl (C=O) groups excluding carboxylic acids is 1. The second kappa shape index (κ2) is 6.72. The van der Waals surface area contributed by atoms with Crippen LogP contribution in [0.3, 0.4) is 0 Å². The molecule has 0 aliphatic carbocycles. The van der Waals surface area contributed by atoms with E-state index in [1.807, 2.05) is 13.0 Å². The molecule has 0 unspecified atom stereocenters. The van der Waals surface area contributed by atoms with Crippen LogP contribution in [-0.2, 0) is 4.79 Å². The van der Waals surface area contributed by atoms with Gasteiger partial charge in [-0.25, -0.2) is 0 Å². The van der Waals surface area contributed by atoms with E-state index < -0.39 is 0 Å². The van der Waals surface area contributed by atoms with Crippen LogP contribution in [0.5, 0.6) is 0 Å². The van der Waals surface area contributed by atoms with Crippen molar-refractivity contribution in [3.8, 4) is 6.07 Å². The predicted molar refractivity (Wildman–Crippen MR) is 68.3 cm³/mol. The molecule has 1 N–H and O–H groups in total. The molecule has 1 aromatic rings. The van der Waals surface area contributed by atoms with E-state index >= 15 is 0 Å². The number of benzene rings is 1. The molecule has 1 rings (SSSR count). The molecule has 0 heterocycles. The smallest absolute Gasteiger partial charge is 0.261 e. The third kappa shape index (κ3) is 4.29. The summed E-state index contributed by atoms with van der Waals surface area (Å²) in [6, 6.07) is 8.83. The van der Waals surface area contributed by atoms with Crippen molar-refractivity contribution in [2.75, 3.05) is 6.54 Å². The van der Waals surface area contributed by atoms with E-state index in [4.69, 9.17) is 16.9 Å². The molecule has 0 atom stereocenters. The van der Waals surface area contributed by atoms with Crippen molar-refractivity contribution in [2.45, 2.75) is 13.3 Å². The molecule has 0 saturated carbocycles. The van der Waals surface area contributed by atoms with Crippen molar-refractivity contribution < 1.29 is 4.79 Å². The maximum absolute atomic E-state index is 11.6. The Morgan fingerprint density at radius 1 is 1.47 bits per heavy atom. The van der Waals surface area contributed by atoms with Crippen molar-refractivity contribution in [2.24, 2.45) is 0 Å². The highest BCUT2D eigenvalue weighted by Crippen LogP contribution is 2.12. The number of nitriles is 1. The van der Waals surface area contributed by atoms with Crippen LogP contribution < -0.4 is 5.32 Å². The van der Waals surface area contributed by atoms with Gasteiger partial charge in [0.15, 0.2) is 0 Å². The summed E-state index contributed by atoms with van der Waals surface area (Å²) in [7, 11) is 0. The van der Waals surface area contributed by atoms with E-state index in [1.54, 1.807) is 30.3 Å². The molecule has 4 heteroatoms. The van der Waals surface area contributed by atoms with E-state index in [2.05, 4.69) is 5.32 Å². The number of halogens is 1. The van der Waals surface area contributed by atoms with Gasteiger partial charge in [-0.05, 0) is 30.2 Å². The summed E-state index contributed by atoms with van der Waals surface area (Å²) in [5.74, 6) is -0.343. The molecule has 1 aromatic carbocycles. The van der Waals surface area contributed by atoms with Crippen LogP contribution in [0.2, 0.25) is 5.02 Å². The molecule has 88 valence electrons. The number of rotatable bonds is 4. The normalized spacial score (nSPS) is 10.8. The molecule has 0 spiro atoms. The van der Waals surface area contributed by atoms with Gasteiger partial charge in [0.05, 0.1) is 0 Å². The van der Waals surface area contributed by atoms with Crippen molar-refractivity contribution >= 4 is 23.6 Å². The largest absolute Gasteiger partial charge is 0.351 e. The van der Waals surface area contributed by atoms with Crippen LogP contribution in [0.25, 0.3) is 6.08 Å². The summed E-state index contributed by atoms with van der Waals surface area (Å²) in [5.41, 5.74) is 0.873. The molecule has 0 bridgehead atoms. The quantitative estimate of drug-likeness (QED) is 0.658. The third-order valence-electron chi connectivity index (χ3n) is 2.08. The van der Waals surface area contributed by atoms with Gasteiger partial charge in [0.1, 0.15) is 11.6 Å². The summed E-state index contributed by atoms with van der Waals surface area (Å²) < 4.78 is 0. The van der Waals surface area contributed by atoms with Gasteiger partial charge in [-0.15, -0.1) is 0 Å².